The zero-order valence-corrected chi connectivity index (χ0v) is 25.6. The summed E-state index contributed by atoms with van der Waals surface area (Å²) in [6.07, 6.45) is 39.1. The summed E-state index contributed by atoms with van der Waals surface area (Å²) in [5.74, 6) is -1.49. The van der Waals surface area contributed by atoms with Crippen LogP contribution in [0.25, 0.3) is 0 Å². The number of rotatable bonds is 26. The van der Waals surface area contributed by atoms with Crippen LogP contribution in [0.5, 0.6) is 0 Å². The maximum atomic E-state index is 12.4. The predicted octanol–water partition coefficient (Wildman–Crippen LogP) is 8.72. The molecule has 6 heteroatoms. The van der Waals surface area contributed by atoms with Crippen molar-refractivity contribution in [1.82, 2.24) is 5.32 Å². The van der Waals surface area contributed by atoms with Crippen LogP contribution in [0.4, 0.5) is 0 Å². The topological polar surface area (TPSA) is 92.7 Å². The molecule has 0 aliphatic rings. The Morgan fingerprint density at radius 1 is 0.707 bits per heavy atom. The molecule has 230 valence electrons. The molecule has 41 heavy (non-hydrogen) atoms. The average molecular weight is 570 g/mol. The summed E-state index contributed by atoms with van der Waals surface area (Å²) in [5.41, 5.74) is 0. The lowest BCUT2D eigenvalue weighted by molar-refractivity contribution is -0.146. The number of aliphatic carboxylic acids is 1. The van der Waals surface area contributed by atoms with E-state index in [0.717, 1.165) is 70.6 Å². The first-order chi connectivity index (χ1) is 20.0. The molecule has 2 N–H and O–H groups in total. The first-order valence-electron chi connectivity index (χ1n) is 15.6. The summed E-state index contributed by atoms with van der Waals surface area (Å²) in [6.45, 7) is 3.98. The van der Waals surface area contributed by atoms with Crippen molar-refractivity contribution in [3.05, 3.63) is 72.9 Å². The third kappa shape index (κ3) is 29.7. The number of nitrogens with one attached hydrogen (secondary N) is 1. The minimum Gasteiger partial charge on any atom is -0.480 e. The Bertz CT molecular complexity index is 851. The minimum absolute atomic E-state index is 0.218. The summed E-state index contributed by atoms with van der Waals surface area (Å²) in [7, 11) is 0. The fourth-order valence-electron chi connectivity index (χ4n) is 3.85. The van der Waals surface area contributed by atoms with Crippen LogP contribution in [-0.4, -0.2) is 35.6 Å². The lowest BCUT2D eigenvalue weighted by Gasteiger charge is -2.14. The average Bonchev–Trinajstić information content (AvgIpc) is 2.95. The molecule has 0 aromatic rings. The Balaban J connectivity index is 4.27. The predicted molar refractivity (Wildman–Crippen MR) is 171 cm³/mol. The van der Waals surface area contributed by atoms with Crippen molar-refractivity contribution in [2.45, 2.75) is 123 Å². The van der Waals surface area contributed by atoms with Gasteiger partial charge >= 0.3 is 11.9 Å². The zero-order chi connectivity index (χ0) is 30.2. The van der Waals surface area contributed by atoms with E-state index in [1.807, 2.05) is 18.2 Å². The largest absolute Gasteiger partial charge is 0.480 e. The molecular weight excluding hydrogens is 514 g/mol. The van der Waals surface area contributed by atoms with Gasteiger partial charge < -0.3 is 15.2 Å². The Kier molecular flexibility index (Phi) is 27.5. The Hall–Kier alpha value is -3.15. The molecule has 1 unspecified atom stereocenters. The molecule has 0 aliphatic carbocycles. The second-order valence-electron chi connectivity index (χ2n) is 9.99. The Morgan fingerprint density at radius 3 is 1.88 bits per heavy atom. The first-order valence-corrected chi connectivity index (χ1v) is 15.6. The van der Waals surface area contributed by atoms with Crippen LogP contribution in [0.15, 0.2) is 72.9 Å². The number of carbonyl (C=O) groups is 3. The van der Waals surface area contributed by atoms with Gasteiger partial charge in [-0.05, 0) is 70.3 Å². The smallest absolute Gasteiger partial charge is 0.322 e. The van der Waals surface area contributed by atoms with Gasteiger partial charge in [-0.15, -0.1) is 0 Å². The van der Waals surface area contributed by atoms with E-state index in [-0.39, 0.29) is 30.9 Å². The molecule has 0 aromatic carbocycles. The molecule has 0 spiro atoms. The van der Waals surface area contributed by atoms with E-state index in [2.05, 4.69) is 73.8 Å². The Labute approximate surface area is 249 Å². The quantitative estimate of drug-likeness (QED) is 0.0617. The second-order valence-corrected chi connectivity index (χ2v) is 9.99. The van der Waals surface area contributed by atoms with Crippen molar-refractivity contribution in [3.8, 4) is 0 Å². The molecule has 0 aromatic heterocycles. The highest BCUT2D eigenvalue weighted by atomic mass is 16.5. The van der Waals surface area contributed by atoms with Crippen molar-refractivity contribution in [2.75, 3.05) is 6.54 Å². The van der Waals surface area contributed by atoms with Gasteiger partial charge in [-0.1, -0.05) is 106 Å². The normalized spacial score (nSPS) is 13.0. The molecule has 0 saturated heterocycles. The second kappa shape index (κ2) is 29.8. The number of esters is 1. The van der Waals surface area contributed by atoms with Crippen molar-refractivity contribution < 1.29 is 24.2 Å². The van der Waals surface area contributed by atoms with E-state index < -0.39 is 5.97 Å². The fourth-order valence-corrected chi connectivity index (χ4v) is 3.85. The van der Waals surface area contributed by atoms with Crippen LogP contribution < -0.4 is 5.32 Å². The maximum Gasteiger partial charge on any atom is 0.322 e. The third-order valence-electron chi connectivity index (χ3n) is 6.13. The number of hydrogen-bond acceptors (Lipinski definition) is 4. The molecule has 6 nitrogen and oxygen atoms in total. The maximum absolute atomic E-state index is 12.4. The van der Waals surface area contributed by atoms with Crippen LogP contribution in [0.3, 0.4) is 0 Å². The molecular formula is C35H55NO5. The van der Waals surface area contributed by atoms with E-state index in [4.69, 9.17) is 9.84 Å². The number of hydrogen-bond donors (Lipinski definition) is 2. The highest BCUT2D eigenvalue weighted by Gasteiger charge is 2.10. The molecule has 0 aliphatic heterocycles. The number of ether oxygens (including phenoxy) is 1. The van der Waals surface area contributed by atoms with Gasteiger partial charge in [0.2, 0.25) is 5.91 Å². The molecule has 0 bridgehead atoms. The number of carbonyl (C=O) groups excluding carboxylic acids is 2. The molecule has 0 rings (SSSR count). The SMILES string of the molecule is CC/C=C\C/C=C\C/C=C\C/C=C\C/C=C\CC(=O)OC(/C=C\CCCCC)CCCCCCC(=O)NCC(=O)O. The van der Waals surface area contributed by atoms with Gasteiger partial charge in [0.1, 0.15) is 12.6 Å². The van der Waals surface area contributed by atoms with Gasteiger partial charge in [-0.2, -0.15) is 0 Å². The van der Waals surface area contributed by atoms with E-state index in [9.17, 15) is 14.4 Å². The van der Waals surface area contributed by atoms with Crippen molar-refractivity contribution in [3.63, 3.8) is 0 Å². The minimum atomic E-state index is -1.04. The van der Waals surface area contributed by atoms with E-state index in [0.29, 0.717) is 12.8 Å². The third-order valence-corrected chi connectivity index (χ3v) is 6.13. The number of carboxylic acids is 1. The highest BCUT2D eigenvalue weighted by molar-refractivity contribution is 5.80. The molecule has 1 amide bonds. The van der Waals surface area contributed by atoms with Crippen LogP contribution >= 0.6 is 0 Å². The first kappa shape index (κ1) is 37.9. The van der Waals surface area contributed by atoms with Gasteiger partial charge in [0.15, 0.2) is 0 Å². The monoisotopic (exact) mass is 569 g/mol. The van der Waals surface area contributed by atoms with Crippen LogP contribution in [0.1, 0.15) is 117 Å². The summed E-state index contributed by atoms with van der Waals surface area (Å²) in [6, 6.07) is 0. The number of allylic oxidation sites excluding steroid dienone is 10. The van der Waals surface area contributed by atoms with Gasteiger partial charge in [-0.25, -0.2) is 0 Å². The van der Waals surface area contributed by atoms with E-state index in [1.165, 1.54) is 12.8 Å². The van der Waals surface area contributed by atoms with Gasteiger partial charge in [0.25, 0.3) is 0 Å². The fraction of sp³-hybridized carbons (Fsp3) is 0.571. The van der Waals surface area contributed by atoms with E-state index >= 15 is 0 Å². The number of carboxylic acid groups (broad SMARTS) is 1. The molecule has 0 fully saturated rings. The molecule has 0 saturated carbocycles. The van der Waals surface area contributed by atoms with Crippen molar-refractivity contribution in [2.24, 2.45) is 0 Å². The zero-order valence-electron chi connectivity index (χ0n) is 25.6. The van der Waals surface area contributed by atoms with E-state index in [1.54, 1.807) is 0 Å². The molecule has 1 atom stereocenters. The summed E-state index contributed by atoms with van der Waals surface area (Å²) >= 11 is 0. The lowest BCUT2D eigenvalue weighted by Crippen LogP contribution is -2.28. The van der Waals surface area contributed by atoms with Crippen LogP contribution in [0, 0.1) is 0 Å². The van der Waals surface area contributed by atoms with Gasteiger partial charge in [-0.3, -0.25) is 14.4 Å². The number of unbranched alkanes of at least 4 members (excludes halogenated alkanes) is 6. The van der Waals surface area contributed by atoms with Crippen molar-refractivity contribution >= 4 is 17.8 Å². The van der Waals surface area contributed by atoms with Gasteiger partial charge in [0.05, 0.1) is 6.42 Å². The number of amides is 1. The standard InChI is InChI=1S/C35H55NO5/c1-3-5-7-9-10-11-12-13-14-15-16-17-18-20-26-30-35(40)41-32(27-23-19-8-6-4-2)28-24-21-22-25-29-33(37)36-31-34(38)39/h5,7,10-11,13-14,16-17,20,23,26-27,32H,3-4,6,8-9,12,15,18-19,21-22,24-25,28-31H2,1-2H3,(H,36,37)(H,38,39)/b7-5-,11-10-,14-13-,17-16-,26-20-,27-23-. The Morgan fingerprint density at radius 2 is 1.29 bits per heavy atom. The van der Waals surface area contributed by atoms with Gasteiger partial charge in [0, 0.05) is 6.42 Å². The summed E-state index contributed by atoms with van der Waals surface area (Å²) in [4.78, 5) is 34.5. The molecule has 0 heterocycles. The summed E-state index contributed by atoms with van der Waals surface area (Å²) < 4.78 is 5.74. The van der Waals surface area contributed by atoms with Crippen LogP contribution in [-0.2, 0) is 19.1 Å². The van der Waals surface area contributed by atoms with Crippen molar-refractivity contribution in [1.29, 1.82) is 0 Å². The van der Waals surface area contributed by atoms with Crippen LogP contribution in [0.2, 0.25) is 0 Å². The summed E-state index contributed by atoms with van der Waals surface area (Å²) in [5, 5.41) is 11.0. The molecule has 0 radical (unpaired) electrons. The highest BCUT2D eigenvalue weighted by Crippen LogP contribution is 2.13. The lowest BCUT2D eigenvalue weighted by atomic mass is 10.1.